The van der Waals surface area contributed by atoms with Crippen LogP contribution in [0.1, 0.15) is 29.5 Å². The Balaban J connectivity index is 1.89. The summed E-state index contributed by atoms with van der Waals surface area (Å²) in [6, 6.07) is 13.7. The van der Waals surface area contributed by atoms with E-state index in [0.29, 0.717) is 16.4 Å². The number of benzene rings is 2. The van der Waals surface area contributed by atoms with Gasteiger partial charge in [0, 0.05) is 16.9 Å². The molecule has 170 valence electrons. The summed E-state index contributed by atoms with van der Waals surface area (Å²) >= 11 is 1.12. The maximum absolute atomic E-state index is 14.7. The summed E-state index contributed by atoms with van der Waals surface area (Å²) in [7, 11) is 1.23. The Morgan fingerprint density at radius 2 is 1.91 bits per heavy atom. The minimum absolute atomic E-state index is 0.0191. The zero-order chi connectivity index (χ0) is 24.1. The lowest BCUT2D eigenvalue weighted by molar-refractivity contribution is -0.136. The number of carbonyl (C=O) groups excluding carboxylic acids is 2. The van der Waals surface area contributed by atoms with Crippen molar-refractivity contribution in [1.29, 1.82) is 5.26 Å². The lowest BCUT2D eigenvalue weighted by atomic mass is 9.82. The highest BCUT2D eigenvalue weighted by Crippen LogP contribution is 2.41. The molecule has 33 heavy (non-hydrogen) atoms. The molecule has 0 spiro atoms. The summed E-state index contributed by atoms with van der Waals surface area (Å²) < 4.78 is 19.6. The molecule has 2 aromatic carbocycles. The minimum Gasteiger partial charge on any atom is -0.466 e. The zero-order valence-electron chi connectivity index (χ0n) is 18.8. The first kappa shape index (κ1) is 24.1. The van der Waals surface area contributed by atoms with Crippen LogP contribution in [0.4, 0.5) is 10.1 Å². The van der Waals surface area contributed by atoms with Gasteiger partial charge < -0.3 is 15.4 Å². The summed E-state index contributed by atoms with van der Waals surface area (Å²) in [5, 5.41) is 16.2. The van der Waals surface area contributed by atoms with Gasteiger partial charge in [0.15, 0.2) is 0 Å². The molecule has 0 aromatic heterocycles. The number of amides is 1. The largest absolute Gasteiger partial charge is 0.466 e. The summed E-state index contributed by atoms with van der Waals surface area (Å²) in [5.74, 6) is -2.38. The average Bonchev–Trinajstić information content (AvgIpc) is 2.79. The van der Waals surface area contributed by atoms with E-state index in [1.165, 1.54) is 25.3 Å². The van der Waals surface area contributed by atoms with Crippen LogP contribution in [0, 0.1) is 31.0 Å². The lowest BCUT2D eigenvalue weighted by Gasteiger charge is -2.29. The molecule has 2 aromatic rings. The second-order valence-electron chi connectivity index (χ2n) is 7.60. The predicted octanol–water partition coefficient (Wildman–Crippen LogP) is 4.68. The summed E-state index contributed by atoms with van der Waals surface area (Å²) in [6.07, 6.45) is 0. The topological polar surface area (TPSA) is 91.2 Å². The standard InChI is InChI=1S/C25H24FN3O3S/c1-14-9-10-17(11-15(14)2)29-21(30)13-33-24-19(12-27)23(18-7-5-6-8-20(18)26)22(16(3)28-24)25(31)32-4/h5-11,23,28H,13H2,1-4H3,(H,29,30)/t23-/m1/s1. The molecule has 0 unspecified atom stereocenters. The molecule has 1 atom stereocenters. The smallest absolute Gasteiger partial charge is 0.336 e. The third-order valence-electron chi connectivity index (χ3n) is 5.41. The van der Waals surface area contributed by atoms with Crippen molar-refractivity contribution < 1.29 is 18.7 Å². The quantitative estimate of drug-likeness (QED) is 0.602. The van der Waals surface area contributed by atoms with Gasteiger partial charge >= 0.3 is 5.97 Å². The number of allylic oxidation sites excluding steroid dienone is 2. The van der Waals surface area contributed by atoms with E-state index in [1.54, 1.807) is 13.0 Å². The van der Waals surface area contributed by atoms with Gasteiger partial charge in [-0.1, -0.05) is 36.0 Å². The minimum atomic E-state index is -0.949. The molecule has 1 heterocycles. The van der Waals surface area contributed by atoms with Gasteiger partial charge in [-0.3, -0.25) is 4.79 Å². The monoisotopic (exact) mass is 465 g/mol. The molecule has 0 radical (unpaired) electrons. The Morgan fingerprint density at radius 1 is 1.18 bits per heavy atom. The number of ether oxygens (including phenoxy) is 1. The number of dihydropyridines is 1. The highest BCUT2D eigenvalue weighted by Gasteiger charge is 2.36. The van der Waals surface area contributed by atoms with Crippen molar-refractivity contribution in [2.45, 2.75) is 26.7 Å². The SMILES string of the molecule is COC(=O)C1=C(C)NC(SCC(=O)Nc2ccc(C)c(C)c2)=C(C#N)[C@H]1c1ccccc1F. The Hall–Kier alpha value is -3.57. The fraction of sp³-hybridized carbons (Fsp3) is 0.240. The number of thioether (sulfide) groups is 1. The Morgan fingerprint density at radius 3 is 2.55 bits per heavy atom. The molecule has 0 fully saturated rings. The number of hydrogen-bond donors (Lipinski definition) is 2. The fourth-order valence-corrected chi connectivity index (χ4v) is 4.47. The van der Waals surface area contributed by atoms with E-state index in [9.17, 15) is 19.2 Å². The Labute approximate surface area is 196 Å². The van der Waals surface area contributed by atoms with Crippen molar-refractivity contribution >= 4 is 29.3 Å². The van der Waals surface area contributed by atoms with Gasteiger partial charge in [-0.15, -0.1) is 0 Å². The van der Waals surface area contributed by atoms with Crippen LogP contribution < -0.4 is 10.6 Å². The molecule has 0 aliphatic carbocycles. The van der Waals surface area contributed by atoms with Gasteiger partial charge in [-0.25, -0.2) is 9.18 Å². The maximum Gasteiger partial charge on any atom is 0.336 e. The number of hydrogen-bond acceptors (Lipinski definition) is 6. The molecule has 1 aliphatic heterocycles. The number of esters is 1. The van der Waals surface area contributed by atoms with Gasteiger partial charge in [-0.05, 0) is 50.1 Å². The molecule has 6 nitrogen and oxygen atoms in total. The average molecular weight is 466 g/mol. The third-order valence-corrected chi connectivity index (χ3v) is 6.42. The second kappa shape index (κ2) is 10.4. The van der Waals surface area contributed by atoms with Crippen LogP contribution >= 0.6 is 11.8 Å². The number of rotatable bonds is 6. The predicted molar refractivity (Wildman–Crippen MR) is 127 cm³/mol. The number of halogens is 1. The number of nitriles is 1. The first-order valence-corrected chi connectivity index (χ1v) is 11.2. The van der Waals surface area contributed by atoms with Crippen molar-refractivity contribution in [1.82, 2.24) is 5.32 Å². The van der Waals surface area contributed by atoms with E-state index < -0.39 is 17.7 Å². The fourth-order valence-electron chi connectivity index (χ4n) is 3.58. The van der Waals surface area contributed by atoms with Crippen molar-refractivity contribution in [3.8, 4) is 6.07 Å². The Bertz CT molecular complexity index is 1210. The van der Waals surface area contributed by atoms with Crippen LogP contribution in [0.25, 0.3) is 0 Å². The molecule has 1 aliphatic rings. The van der Waals surface area contributed by atoms with Crippen LogP contribution in [-0.2, 0) is 14.3 Å². The summed E-state index contributed by atoms with van der Waals surface area (Å²) in [4.78, 5) is 25.1. The van der Waals surface area contributed by atoms with Gasteiger partial charge in [0.25, 0.3) is 0 Å². The number of nitrogens with one attached hydrogen (secondary N) is 2. The van der Waals surface area contributed by atoms with Gasteiger partial charge in [0.05, 0.1) is 41.0 Å². The number of methoxy groups -OCH3 is 1. The number of anilines is 1. The van der Waals surface area contributed by atoms with Crippen molar-refractivity contribution in [3.05, 3.63) is 86.8 Å². The Kier molecular flexibility index (Phi) is 7.56. The first-order chi connectivity index (χ1) is 15.8. The maximum atomic E-state index is 14.7. The van der Waals surface area contributed by atoms with Crippen molar-refractivity contribution in [2.24, 2.45) is 0 Å². The highest BCUT2D eigenvalue weighted by atomic mass is 32.2. The normalized spacial score (nSPS) is 15.6. The van der Waals surface area contributed by atoms with E-state index in [-0.39, 0.29) is 28.4 Å². The summed E-state index contributed by atoms with van der Waals surface area (Å²) in [6.45, 7) is 5.61. The molecule has 0 bridgehead atoms. The molecular weight excluding hydrogens is 441 g/mol. The number of aryl methyl sites for hydroxylation is 2. The summed E-state index contributed by atoms with van der Waals surface area (Å²) in [5.41, 5.74) is 3.80. The van der Waals surface area contributed by atoms with E-state index in [0.717, 1.165) is 22.9 Å². The van der Waals surface area contributed by atoms with E-state index in [4.69, 9.17) is 4.74 Å². The number of nitrogens with zero attached hydrogens (tertiary/aromatic N) is 1. The molecule has 0 saturated carbocycles. The number of carbonyl (C=O) groups is 2. The molecule has 0 saturated heterocycles. The zero-order valence-corrected chi connectivity index (χ0v) is 19.6. The highest BCUT2D eigenvalue weighted by molar-refractivity contribution is 8.03. The van der Waals surface area contributed by atoms with E-state index in [1.807, 2.05) is 32.0 Å². The third kappa shape index (κ3) is 5.26. The first-order valence-electron chi connectivity index (χ1n) is 10.2. The second-order valence-corrected chi connectivity index (χ2v) is 8.59. The van der Waals surface area contributed by atoms with Crippen molar-refractivity contribution in [3.63, 3.8) is 0 Å². The lowest BCUT2D eigenvalue weighted by Crippen LogP contribution is -2.29. The molecule has 1 amide bonds. The molecule has 3 rings (SSSR count). The van der Waals surface area contributed by atoms with Crippen molar-refractivity contribution in [2.75, 3.05) is 18.2 Å². The van der Waals surface area contributed by atoms with E-state index >= 15 is 0 Å². The van der Waals surface area contributed by atoms with Gasteiger partial charge in [0.2, 0.25) is 5.91 Å². The van der Waals surface area contributed by atoms with Gasteiger partial charge in [-0.2, -0.15) is 5.26 Å². The van der Waals surface area contributed by atoms with Crippen LogP contribution in [0.5, 0.6) is 0 Å². The molecule has 2 N–H and O–H groups in total. The van der Waals surface area contributed by atoms with Crippen LogP contribution in [0.15, 0.2) is 64.3 Å². The van der Waals surface area contributed by atoms with Crippen LogP contribution in [0.2, 0.25) is 0 Å². The van der Waals surface area contributed by atoms with Crippen LogP contribution in [0.3, 0.4) is 0 Å². The van der Waals surface area contributed by atoms with Gasteiger partial charge in [0.1, 0.15) is 5.82 Å². The van der Waals surface area contributed by atoms with Crippen LogP contribution in [-0.4, -0.2) is 24.7 Å². The van der Waals surface area contributed by atoms with E-state index in [2.05, 4.69) is 16.7 Å². The molecule has 8 heteroatoms. The molecular formula is C25H24FN3O3S.